The molecule has 0 saturated carbocycles. The molecule has 0 atom stereocenters. The zero-order valence-electron chi connectivity index (χ0n) is 10.3. The van der Waals surface area contributed by atoms with Gasteiger partial charge < -0.3 is 10.5 Å². The van der Waals surface area contributed by atoms with Gasteiger partial charge in [0.1, 0.15) is 12.4 Å². The van der Waals surface area contributed by atoms with Gasteiger partial charge in [-0.1, -0.05) is 6.07 Å². The molecule has 96 valence electrons. The van der Waals surface area contributed by atoms with Gasteiger partial charge in [0.05, 0.1) is 18.9 Å². The quantitative estimate of drug-likeness (QED) is 0.877. The number of hydrogen-bond acceptors (Lipinski definition) is 3. The van der Waals surface area contributed by atoms with Crippen molar-refractivity contribution in [3.05, 3.63) is 47.5 Å². The van der Waals surface area contributed by atoms with Crippen LogP contribution in [0.4, 0.5) is 4.39 Å². The maximum absolute atomic E-state index is 13.2. The highest BCUT2D eigenvalue weighted by molar-refractivity contribution is 5.24. The van der Waals surface area contributed by atoms with Crippen LogP contribution in [0.2, 0.25) is 0 Å². The second-order valence-corrected chi connectivity index (χ2v) is 4.15. The van der Waals surface area contributed by atoms with Crippen molar-refractivity contribution in [2.24, 2.45) is 5.73 Å². The van der Waals surface area contributed by atoms with E-state index in [-0.39, 0.29) is 5.82 Å². The lowest BCUT2D eigenvalue weighted by Crippen LogP contribution is -2.10. The molecule has 0 aliphatic carbocycles. The predicted octanol–water partition coefficient (Wildman–Crippen LogP) is 1.72. The molecular formula is C13H16FN3O. The first-order valence-electron chi connectivity index (χ1n) is 5.79. The lowest BCUT2D eigenvalue weighted by Gasteiger charge is -2.04. The molecule has 2 rings (SSSR count). The highest BCUT2D eigenvalue weighted by atomic mass is 19.1. The number of benzene rings is 1. The van der Waals surface area contributed by atoms with Gasteiger partial charge in [0, 0.05) is 6.54 Å². The van der Waals surface area contributed by atoms with Crippen LogP contribution in [0.5, 0.6) is 5.75 Å². The molecule has 4 nitrogen and oxygen atoms in total. The molecule has 1 aromatic carbocycles. The van der Waals surface area contributed by atoms with Gasteiger partial charge in [-0.3, -0.25) is 4.68 Å². The summed E-state index contributed by atoms with van der Waals surface area (Å²) in [5.74, 6) is 0.449. The van der Waals surface area contributed by atoms with Crippen LogP contribution >= 0.6 is 0 Å². The molecule has 0 radical (unpaired) electrons. The molecule has 0 fully saturated rings. The SMILES string of the molecule is Cc1cc(F)cc(Cn2cc(OCCN)cn2)c1. The van der Waals surface area contributed by atoms with Crippen molar-refractivity contribution in [3.8, 4) is 5.75 Å². The average Bonchev–Trinajstić information content (AvgIpc) is 2.72. The summed E-state index contributed by atoms with van der Waals surface area (Å²) in [5.41, 5.74) is 7.12. The number of nitrogens with zero attached hydrogens (tertiary/aromatic N) is 2. The minimum atomic E-state index is -0.225. The molecule has 0 bridgehead atoms. The van der Waals surface area contributed by atoms with Crippen molar-refractivity contribution < 1.29 is 9.13 Å². The zero-order valence-corrected chi connectivity index (χ0v) is 10.3. The first-order chi connectivity index (χ1) is 8.67. The van der Waals surface area contributed by atoms with Gasteiger partial charge in [-0.15, -0.1) is 0 Å². The third-order valence-corrected chi connectivity index (χ3v) is 2.44. The standard InChI is InChI=1S/C13H16FN3O/c1-10-4-11(6-12(14)5-10)8-17-9-13(7-16-17)18-3-2-15/h4-7,9H,2-3,8,15H2,1H3. The first kappa shape index (κ1) is 12.6. The third kappa shape index (κ3) is 3.30. The van der Waals surface area contributed by atoms with Crippen molar-refractivity contribution in [2.75, 3.05) is 13.2 Å². The van der Waals surface area contributed by atoms with E-state index >= 15 is 0 Å². The van der Waals surface area contributed by atoms with Crippen LogP contribution < -0.4 is 10.5 Å². The van der Waals surface area contributed by atoms with Crippen LogP contribution in [0.25, 0.3) is 0 Å². The molecule has 0 aliphatic heterocycles. The van der Waals surface area contributed by atoms with Crippen LogP contribution in [0.15, 0.2) is 30.6 Å². The summed E-state index contributed by atoms with van der Waals surface area (Å²) in [4.78, 5) is 0. The van der Waals surface area contributed by atoms with E-state index in [1.54, 1.807) is 17.1 Å². The van der Waals surface area contributed by atoms with Gasteiger partial charge in [0.15, 0.2) is 5.75 Å². The fourth-order valence-corrected chi connectivity index (χ4v) is 1.77. The van der Waals surface area contributed by atoms with Gasteiger partial charge in [0.2, 0.25) is 0 Å². The van der Waals surface area contributed by atoms with Crippen LogP contribution in [-0.2, 0) is 6.54 Å². The Balaban J connectivity index is 2.06. The Bertz CT molecular complexity index is 504. The highest BCUT2D eigenvalue weighted by Gasteiger charge is 2.02. The van der Waals surface area contributed by atoms with Crippen LogP contribution in [0.1, 0.15) is 11.1 Å². The number of rotatable bonds is 5. The molecule has 0 unspecified atom stereocenters. The molecule has 1 aromatic heterocycles. The fraction of sp³-hybridized carbons (Fsp3) is 0.308. The molecule has 0 saturated heterocycles. The normalized spacial score (nSPS) is 10.6. The average molecular weight is 249 g/mol. The Morgan fingerprint density at radius 2 is 2.22 bits per heavy atom. The Labute approximate surface area is 105 Å². The second-order valence-electron chi connectivity index (χ2n) is 4.15. The summed E-state index contributed by atoms with van der Waals surface area (Å²) < 4.78 is 20.3. The molecule has 5 heteroatoms. The van der Waals surface area contributed by atoms with Gasteiger partial charge in [-0.2, -0.15) is 5.10 Å². The largest absolute Gasteiger partial charge is 0.489 e. The Morgan fingerprint density at radius 3 is 2.94 bits per heavy atom. The number of hydrogen-bond donors (Lipinski definition) is 1. The van der Waals surface area contributed by atoms with Crippen molar-refractivity contribution in [2.45, 2.75) is 13.5 Å². The second kappa shape index (κ2) is 5.64. The van der Waals surface area contributed by atoms with Crippen molar-refractivity contribution >= 4 is 0 Å². The monoisotopic (exact) mass is 249 g/mol. The van der Waals surface area contributed by atoms with Crippen LogP contribution in [0, 0.1) is 12.7 Å². The summed E-state index contributed by atoms with van der Waals surface area (Å²) in [7, 11) is 0. The highest BCUT2D eigenvalue weighted by Crippen LogP contribution is 2.12. The number of halogens is 1. The molecule has 2 aromatic rings. The summed E-state index contributed by atoms with van der Waals surface area (Å²) in [6.45, 7) is 3.31. The molecule has 0 spiro atoms. The first-order valence-corrected chi connectivity index (χ1v) is 5.79. The molecule has 0 aliphatic rings. The van der Waals surface area contributed by atoms with Crippen LogP contribution in [-0.4, -0.2) is 22.9 Å². The molecular weight excluding hydrogens is 233 g/mol. The van der Waals surface area contributed by atoms with Gasteiger partial charge in [-0.05, 0) is 30.2 Å². The van der Waals surface area contributed by atoms with E-state index in [1.807, 2.05) is 13.0 Å². The summed E-state index contributed by atoms with van der Waals surface area (Å²) >= 11 is 0. The van der Waals surface area contributed by atoms with E-state index in [2.05, 4.69) is 5.10 Å². The zero-order chi connectivity index (χ0) is 13.0. The molecule has 2 N–H and O–H groups in total. The number of aromatic nitrogens is 2. The van der Waals surface area contributed by atoms with E-state index in [0.717, 1.165) is 11.1 Å². The van der Waals surface area contributed by atoms with Crippen molar-refractivity contribution in [1.82, 2.24) is 9.78 Å². The lowest BCUT2D eigenvalue weighted by atomic mass is 10.1. The van der Waals surface area contributed by atoms with Crippen LogP contribution in [0.3, 0.4) is 0 Å². The van der Waals surface area contributed by atoms with Gasteiger partial charge in [-0.25, -0.2) is 4.39 Å². The minimum absolute atomic E-state index is 0.225. The summed E-state index contributed by atoms with van der Waals surface area (Å²) in [5, 5.41) is 4.15. The third-order valence-electron chi connectivity index (χ3n) is 2.44. The summed E-state index contributed by atoms with van der Waals surface area (Å²) in [6, 6.07) is 4.95. The fourth-order valence-electron chi connectivity index (χ4n) is 1.77. The number of aryl methyl sites for hydroxylation is 1. The van der Waals surface area contributed by atoms with E-state index in [0.29, 0.717) is 25.4 Å². The van der Waals surface area contributed by atoms with E-state index in [1.165, 1.54) is 12.1 Å². The summed E-state index contributed by atoms with van der Waals surface area (Å²) in [6.07, 6.45) is 3.40. The van der Waals surface area contributed by atoms with Gasteiger partial charge in [0.25, 0.3) is 0 Å². The minimum Gasteiger partial charge on any atom is -0.489 e. The topological polar surface area (TPSA) is 53.1 Å². The molecule has 18 heavy (non-hydrogen) atoms. The van der Waals surface area contributed by atoms with E-state index < -0.39 is 0 Å². The van der Waals surface area contributed by atoms with E-state index in [9.17, 15) is 4.39 Å². The Hall–Kier alpha value is -1.88. The Kier molecular flexibility index (Phi) is 3.94. The number of ether oxygens (including phenoxy) is 1. The van der Waals surface area contributed by atoms with E-state index in [4.69, 9.17) is 10.5 Å². The molecule has 0 amide bonds. The smallest absolute Gasteiger partial charge is 0.157 e. The number of nitrogens with two attached hydrogens (primary N) is 1. The maximum Gasteiger partial charge on any atom is 0.157 e. The predicted molar refractivity (Wildman–Crippen MR) is 67.0 cm³/mol. The maximum atomic E-state index is 13.2. The van der Waals surface area contributed by atoms with Gasteiger partial charge >= 0.3 is 0 Å². The molecule has 1 heterocycles. The van der Waals surface area contributed by atoms with Crippen molar-refractivity contribution in [3.63, 3.8) is 0 Å². The lowest BCUT2D eigenvalue weighted by molar-refractivity contribution is 0.328. The Morgan fingerprint density at radius 1 is 1.39 bits per heavy atom. The van der Waals surface area contributed by atoms with Crippen molar-refractivity contribution in [1.29, 1.82) is 0 Å².